The fourth-order valence-corrected chi connectivity index (χ4v) is 11.4. The molecule has 0 unspecified atom stereocenters. The summed E-state index contributed by atoms with van der Waals surface area (Å²) in [4.78, 5) is 3.47. The van der Waals surface area contributed by atoms with Crippen LogP contribution in [0, 0.1) is 0 Å². The van der Waals surface area contributed by atoms with Crippen LogP contribution in [-0.2, 0) is 69.8 Å². The van der Waals surface area contributed by atoms with Gasteiger partial charge in [-0.1, -0.05) is 91.0 Å². The van der Waals surface area contributed by atoms with Crippen LogP contribution in [0.25, 0.3) is 0 Å². The summed E-state index contributed by atoms with van der Waals surface area (Å²) in [6.45, 7) is 7.53. The van der Waals surface area contributed by atoms with Crippen molar-refractivity contribution in [3.05, 3.63) is 196 Å². The van der Waals surface area contributed by atoms with Crippen molar-refractivity contribution >= 4 is 38.9 Å². The van der Waals surface area contributed by atoms with E-state index < -0.39 is 195 Å². The molecule has 30 heteroatoms. The lowest BCUT2D eigenvalue weighted by Crippen LogP contribution is -2.75. The van der Waals surface area contributed by atoms with Gasteiger partial charge in [0.25, 0.3) is 0 Å². The van der Waals surface area contributed by atoms with Crippen molar-refractivity contribution in [1.29, 1.82) is 0 Å². The molecule has 0 saturated heterocycles. The first-order valence-corrected chi connectivity index (χ1v) is 26.6. The minimum absolute atomic E-state index is 0.384. The monoisotopic (exact) mass is 1300 g/mol. The number of para-hydroxylation sites is 2. The van der Waals surface area contributed by atoms with E-state index in [0.717, 1.165) is 21.3 Å². The minimum Gasteiger partial charge on any atom is -0.486 e. The number of hydrogen-bond acceptors (Lipinski definition) is 4. The SMILES string of the molecule is CCOCCOc1ccccc1[S+](c1ccccc1)c1ccccc1OCCOCC.FC(F)(F)c1cc([B-](c2cc(C(F)(F)F)cc(C(F)(F)F)c2)(c2cc(C(F)(F)F)cc(C(F)(F)F)c2)c2cc(C(F)(F)F)cc(C(F)(F)F)c2)cc(C(F)(F)F)c1. The molecule has 7 aromatic rings. The Balaban J connectivity index is 0.000000334. The summed E-state index contributed by atoms with van der Waals surface area (Å²) in [5.41, 5.74) is -30.2. The average Bonchev–Trinajstić information content (AvgIpc) is 0.731. The maximum atomic E-state index is 14.2. The van der Waals surface area contributed by atoms with Crippen LogP contribution in [0.1, 0.15) is 58.4 Å². The fraction of sp³-hybridized carbons (Fsp3) is 0.276. The fourth-order valence-electron chi connectivity index (χ4n) is 9.19. The third-order valence-corrected chi connectivity index (χ3v) is 15.2. The van der Waals surface area contributed by atoms with Crippen LogP contribution in [0.15, 0.2) is 166 Å². The summed E-state index contributed by atoms with van der Waals surface area (Å²) < 4.78 is 364. The van der Waals surface area contributed by atoms with Crippen LogP contribution in [0.4, 0.5) is 105 Å². The van der Waals surface area contributed by atoms with Gasteiger partial charge < -0.3 is 18.9 Å². The lowest BCUT2D eigenvalue weighted by molar-refractivity contribution is -0.144. The van der Waals surface area contributed by atoms with Gasteiger partial charge in [-0.15, -0.1) is 0 Å². The van der Waals surface area contributed by atoms with E-state index in [4.69, 9.17) is 18.9 Å². The van der Waals surface area contributed by atoms with Crippen molar-refractivity contribution < 1.29 is 124 Å². The van der Waals surface area contributed by atoms with Gasteiger partial charge in [-0.05, 0) is 74.5 Å². The largest absolute Gasteiger partial charge is 0.486 e. The highest BCUT2D eigenvalue weighted by molar-refractivity contribution is 7.97. The topological polar surface area (TPSA) is 36.9 Å². The molecule has 0 bridgehead atoms. The molecule has 0 aliphatic heterocycles. The zero-order valence-corrected chi connectivity index (χ0v) is 45.7. The van der Waals surface area contributed by atoms with E-state index in [1.165, 1.54) is 4.90 Å². The molecule has 7 aromatic carbocycles. The zero-order chi connectivity index (χ0) is 65.6. The second kappa shape index (κ2) is 26.9. The van der Waals surface area contributed by atoms with Crippen LogP contribution < -0.4 is 31.3 Å². The van der Waals surface area contributed by atoms with E-state index in [-0.39, 0.29) is 10.9 Å². The Labute approximate surface area is 487 Å². The first-order valence-electron chi connectivity index (χ1n) is 25.4. The highest BCUT2D eigenvalue weighted by Crippen LogP contribution is 2.44. The van der Waals surface area contributed by atoms with E-state index in [1.54, 1.807) is 0 Å². The summed E-state index contributed by atoms with van der Waals surface area (Å²) >= 11 is 0. The van der Waals surface area contributed by atoms with Gasteiger partial charge in [0, 0.05) is 13.2 Å². The van der Waals surface area contributed by atoms with Crippen molar-refractivity contribution in [1.82, 2.24) is 0 Å². The molecule has 7 rings (SSSR count). The number of ether oxygens (including phenoxy) is 4. The third kappa shape index (κ3) is 17.1. The van der Waals surface area contributed by atoms with Gasteiger partial charge in [-0.2, -0.15) is 127 Å². The standard InChI is InChI=1S/C32H12BF24.C26H31O4S/c34-25(35,36)13-1-14(26(37,38)39)6-21(5-13)33(22-7-15(27(40,41)42)2-16(8-22)28(43,44)45,23-9-17(29(46,47)48)3-18(10-23)30(49,50)51)24-11-19(31(52,53)54)4-20(12-24)32(55,56)57;1-3-27-18-20-29-23-14-8-10-16-25(23)31(22-12-6-5-7-13-22)26-17-11-9-15-24(26)30-21-19-28-4-2/h1-12H;5-17H,3-4,18-21H2,1-2H3/q-1;+1. The predicted octanol–water partition coefficient (Wildman–Crippen LogP) is 16.8. The van der Waals surface area contributed by atoms with Gasteiger partial charge in [-0.3, -0.25) is 0 Å². The van der Waals surface area contributed by atoms with E-state index in [9.17, 15) is 105 Å². The second-order valence-electron chi connectivity index (χ2n) is 18.8. The van der Waals surface area contributed by atoms with Gasteiger partial charge in [-0.25, -0.2) is 0 Å². The number of halogens is 24. The summed E-state index contributed by atoms with van der Waals surface area (Å²) in [5.74, 6) is 1.75. The van der Waals surface area contributed by atoms with Crippen LogP contribution in [-0.4, -0.2) is 45.8 Å². The molecule has 0 aliphatic rings. The quantitative estimate of drug-likeness (QED) is 0.0394. The summed E-state index contributed by atoms with van der Waals surface area (Å²) in [6, 6.07) is 18.2. The van der Waals surface area contributed by atoms with E-state index >= 15 is 0 Å². The first-order chi connectivity index (χ1) is 40.6. The molecule has 4 nitrogen and oxygen atoms in total. The molecule has 0 N–H and O–H groups in total. The molecule has 0 heterocycles. The predicted molar refractivity (Wildman–Crippen MR) is 276 cm³/mol. The Bertz CT molecular complexity index is 2980. The van der Waals surface area contributed by atoms with Crippen molar-refractivity contribution in [2.24, 2.45) is 0 Å². The minimum atomic E-state index is -6.13. The van der Waals surface area contributed by atoms with Gasteiger partial charge in [0.2, 0.25) is 9.79 Å². The van der Waals surface area contributed by atoms with Crippen LogP contribution in [0.2, 0.25) is 0 Å². The molecule has 0 aliphatic carbocycles. The highest BCUT2D eigenvalue weighted by Gasteiger charge is 2.47. The molecular formula is C58H43BF24O4S. The zero-order valence-electron chi connectivity index (χ0n) is 44.9. The lowest BCUT2D eigenvalue weighted by Gasteiger charge is -2.46. The molecule has 0 radical (unpaired) electrons. The van der Waals surface area contributed by atoms with Gasteiger partial charge >= 0.3 is 49.4 Å². The molecule has 0 atom stereocenters. The van der Waals surface area contributed by atoms with Gasteiger partial charge in [0.05, 0.1) is 57.7 Å². The molecule has 0 saturated carbocycles. The Morgan fingerprint density at radius 2 is 0.523 bits per heavy atom. The van der Waals surface area contributed by atoms with E-state index in [0.29, 0.717) is 39.6 Å². The molecule has 0 aromatic heterocycles. The van der Waals surface area contributed by atoms with Crippen LogP contribution in [0.3, 0.4) is 0 Å². The van der Waals surface area contributed by atoms with Gasteiger partial charge in [0.1, 0.15) is 30.3 Å². The molecule has 0 amide bonds. The van der Waals surface area contributed by atoms with Crippen molar-refractivity contribution in [3.8, 4) is 11.5 Å². The first kappa shape index (κ1) is 69.9. The summed E-state index contributed by atoms with van der Waals surface area (Å²) in [6.07, 6.45) is -54.8. The van der Waals surface area contributed by atoms with E-state index in [2.05, 4.69) is 48.5 Å². The maximum absolute atomic E-state index is 14.2. The molecule has 88 heavy (non-hydrogen) atoms. The molecular weight excluding hydrogens is 1260 g/mol. The summed E-state index contributed by atoms with van der Waals surface area (Å²) in [7, 11) is -0.384. The normalized spacial score (nSPS) is 13.1. The maximum Gasteiger partial charge on any atom is 0.416 e. The molecule has 0 spiro atoms. The number of alkyl halides is 24. The number of hydrogen-bond donors (Lipinski definition) is 0. The third-order valence-electron chi connectivity index (χ3n) is 12.9. The van der Waals surface area contributed by atoms with Crippen molar-refractivity contribution in [2.75, 3.05) is 39.6 Å². The van der Waals surface area contributed by atoms with E-state index in [1.807, 2.05) is 44.2 Å². The highest BCUT2D eigenvalue weighted by atomic mass is 32.2. The van der Waals surface area contributed by atoms with Crippen molar-refractivity contribution in [3.63, 3.8) is 0 Å². The van der Waals surface area contributed by atoms with Crippen LogP contribution in [0.5, 0.6) is 11.5 Å². The smallest absolute Gasteiger partial charge is 0.416 e. The number of benzene rings is 7. The Kier molecular flexibility index (Phi) is 21.3. The molecule has 0 fully saturated rings. The van der Waals surface area contributed by atoms with Crippen molar-refractivity contribution in [2.45, 2.75) is 77.9 Å². The Hall–Kier alpha value is -7.21. The summed E-state index contributed by atoms with van der Waals surface area (Å²) in [5, 5.41) is 0. The lowest BCUT2D eigenvalue weighted by atomic mass is 9.12. The average molecular weight is 1300 g/mol. The Morgan fingerprint density at radius 1 is 0.295 bits per heavy atom. The molecule has 476 valence electrons. The number of rotatable bonds is 17. The van der Waals surface area contributed by atoms with Gasteiger partial charge in [0.15, 0.2) is 16.4 Å². The Morgan fingerprint density at radius 3 is 0.750 bits per heavy atom. The van der Waals surface area contributed by atoms with Crippen LogP contribution >= 0.6 is 0 Å². The second-order valence-corrected chi connectivity index (χ2v) is 20.8.